The summed E-state index contributed by atoms with van der Waals surface area (Å²) in [6.07, 6.45) is 3.08. The van der Waals surface area contributed by atoms with Gasteiger partial charge in [0.25, 0.3) is 0 Å². The number of imidazole rings is 2. The topological polar surface area (TPSA) is 175 Å². The monoisotopic (exact) mass is 956 g/mol. The van der Waals surface area contributed by atoms with Crippen LogP contribution in [0.15, 0.2) is 116 Å². The van der Waals surface area contributed by atoms with Crippen LogP contribution in [-0.4, -0.2) is 47.6 Å². The summed E-state index contributed by atoms with van der Waals surface area (Å²) < 4.78 is 51.4. The molecule has 0 amide bonds. The molecule has 0 radical (unpaired) electrons. The number of aryl methyl sites for hydroxylation is 2. The number of nitriles is 2. The van der Waals surface area contributed by atoms with Gasteiger partial charge in [-0.05, 0) is 93.3 Å². The van der Waals surface area contributed by atoms with E-state index >= 15 is 0 Å². The lowest BCUT2D eigenvalue weighted by Gasteiger charge is -2.13. The number of benzene rings is 4. The Morgan fingerprint density at radius 2 is 1.18 bits per heavy atom. The largest absolute Gasteiger partial charge is 0.504 e. The van der Waals surface area contributed by atoms with Crippen molar-refractivity contribution in [1.29, 1.82) is 10.5 Å². The van der Waals surface area contributed by atoms with Gasteiger partial charge >= 0.3 is 11.4 Å². The van der Waals surface area contributed by atoms with E-state index in [4.69, 9.17) is 36.3 Å². The number of aromatic nitrogens is 6. The smallest absolute Gasteiger partial charge is 0.333 e. The molecule has 0 aliphatic carbocycles. The minimum Gasteiger partial charge on any atom is -0.504 e. The average Bonchev–Trinajstić information content (AvgIpc) is 4.17. The van der Waals surface area contributed by atoms with Crippen molar-refractivity contribution in [3.63, 3.8) is 0 Å². The van der Waals surface area contributed by atoms with Gasteiger partial charge in [0.15, 0.2) is 23.0 Å². The molecule has 0 unspecified atom stereocenters. The molecule has 0 atom stereocenters. The van der Waals surface area contributed by atoms with E-state index in [1.165, 1.54) is 67.5 Å². The van der Waals surface area contributed by atoms with Crippen LogP contribution < -0.4 is 25.6 Å². The van der Waals surface area contributed by atoms with Gasteiger partial charge in [-0.1, -0.05) is 0 Å². The Morgan fingerprint density at radius 1 is 0.687 bits per heavy atom. The van der Waals surface area contributed by atoms with Gasteiger partial charge in [0.1, 0.15) is 18.2 Å². The van der Waals surface area contributed by atoms with Crippen molar-refractivity contribution in [1.82, 2.24) is 28.2 Å². The third-order valence-corrected chi connectivity index (χ3v) is 12.5. The molecule has 0 aliphatic rings. The van der Waals surface area contributed by atoms with Gasteiger partial charge in [-0.15, -0.1) is 11.6 Å². The summed E-state index contributed by atoms with van der Waals surface area (Å²) in [7, 11) is 6.12. The maximum atomic E-state index is 14.9. The summed E-state index contributed by atoms with van der Waals surface area (Å²) in [5, 5.41) is 37.3. The lowest BCUT2D eigenvalue weighted by atomic mass is 10.1. The maximum Gasteiger partial charge on any atom is 0.333 e. The average molecular weight is 957 g/mol. The number of phenolic OH excluding ortho intramolecular Hbond substituents is 1. The summed E-state index contributed by atoms with van der Waals surface area (Å²) >= 11 is 8.73. The predicted octanol–water partition coefficient (Wildman–Crippen LogP) is 9.63. The molecule has 6 aromatic heterocycles. The first-order valence-electron chi connectivity index (χ1n) is 19.9. The highest BCUT2D eigenvalue weighted by atomic mass is 35.5. The molecule has 0 bridgehead atoms. The molecular formula is C48H35ClF2N8O6S2. The third kappa shape index (κ3) is 8.64. The van der Waals surface area contributed by atoms with E-state index in [0.29, 0.717) is 67.9 Å². The Labute approximate surface area is 392 Å². The number of pyridine rings is 2. The highest BCUT2D eigenvalue weighted by molar-refractivity contribution is 7.08. The fourth-order valence-electron chi connectivity index (χ4n) is 7.32. The number of aromatic hydroxyl groups is 1. The molecule has 0 saturated heterocycles. The van der Waals surface area contributed by atoms with E-state index in [9.17, 15) is 23.5 Å². The number of ether oxygens (including phenoxy) is 3. The van der Waals surface area contributed by atoms with E-state index in [2.05, 4.69) is 9.97 Å². The molecule has 0 saturated carbocycles. The Bertz CT molecular complexity index is 3700. The number of hydrogen-bond acceptors (Lipinski definition) is 12. The first-order chi connectivity index (χ1) is 32.4. The second-order valence-corrected chi connectivity index (χ2v) is 16.5. The molecule has 19 heteroatoms. The molecule has 4 aromatic carbocycles. The second kappa shape index (κ2) is 19.2. The van der Waals surface area contributed by atoms with Crippen LogP contribution in [0.2, 0.25) is 0 Å². The summed E-state index contributed by atoms with van der Waals surface area (Å²) in [5.74, 6) is 0.366. The minimum absolute atomic E-state index is 0.00686. The molecular weight excluding hydrogens is 922 g/mol. The lowest BCUT2D eigenvalue weighted by molar-refractivity contribution is 0.285. The standard InChI is InChI=1S/C24H17FN4O3S.C19H13FN4O3.C5H5ClS/c1-28-20-11-27-18-9-21(31-2)22(32-12-15-5-6-33-13-15)8-16(18)23(20)29(24(28)30)19-4-3-14(10-26)7-17(19)25;1-23-15-9-22-13-7-17(27-2)16(25)6-11(13)18(15)24(19(23)26)14-4-3-10(8-21)5-12(14)20;6-3-5-1-2-7-4-5/h3-9,11,13H,12H2,1-2H3;3-7,9,25H,1-2H3;1-2,4H,3H2. The van der Waals surface area contributed by atoms with Gasteiger partial charge in [-0.25, -0.2) is 18.4 Å². The van der Waals surface area contributed by atoms with Gasteiger partial charge in [-0.2, -0.15) is 33.2 Å². The van der Waals surface area contributed by atoms with Crippen molar-refractivity contribution in [2.24, 2.45) is 14.1 Å². The van der Waals surface area contributed by atoms with E-state index in [-0.39, 0.29) is 34.0 Å². The number of halogens is 3. The van der Waals surface area contributed by atoms with E-state index in [1.54, 1.807) is 68.3 Å². The maximum absolute atomic E-state index is 14.9. The van der Waals surface area contributed by atoms with Crippen LogP contribution in [0.4, 0.5) is 8.78 Å². The Hall–Kier alpha value is -8.03. The van der Waals surface area contributed by atoms with Gasteiger partial charge in [0.05, 0.1) is 94.4 Å². The summed E-state index contributed by atoms with van der Waals surface area (Å²) in [4.78, 5) is 34.8. The Kier molecular flexibility index (Phi) is 13.1. The first-order valence-corrected chi connectivity index (χ1v) is 22.3. The Balaban J connectivity index is 0.000000161. The van der Waals surface area contributed by atoms with Crippen molar-refractivity contribution in [3.05, 3.63) is 162 Å². The summed E-state index contributed by atoms with van der Waals surface area (Å²) in [5.41, 5.74) is 4.64. The lowest BCUT2D eigenvalue weighted by Crippen LogP contribution is -2.21. The second-order valence-electron chi connectivity index (χ2n) is 14.6. The highest BCUT2D eigenvalue weighted by Gasteiger charge is 2.22. The van der Waals surface area contributed by atoms with E-state index in [1.807, 2.05) is 45.8 Å². The number of fused-ring (bicyclic) bond motifs is 6. The molecule has 336 valence electrons. The van der Waals surface area contributed by atoms with Crippen LogP contribution in [0.5, 0.6) is 23.0 Å². The van der Waals surface area contributed by atoms with Crippen LogP contribution in [0.3, 0.4) is 0 Å². The van der Waals surface area contributed by atoms with Gasteiger partial charge < -0.3 is 19.3 Å². The van der Waals surface area contributed by atoms with Crippen LogP contribution in [0, 0.1) is 34.3 Å². The number of phenols is 1. The zero-order chi connectivity index (χ0) is 47.5. The number of alkyl halides is 1. The highest BCUT2D eigenvalue weighted by Crippen LogP contribution is 2.37. The van der Waals surface area contributed by atoms with Crippen molar-refractivity contribution in [2.75, 3.05) is 14.2 Å². The first kappa shape index (κ1) is 45.5. The molecule has 0 spiro atoms. The van der Waals surface area contributed by atoms with Crippen LogP contribution in [0.25, 0.3) is 55.2 Å². The number of methoxy groups -OCH3 is 2. The fourth-order valence-corrected chi connectivity index (χ4v) is 8.90. The molecule has 10 rings (SSSR count). The van der Waals surface area contributed by atoms with Crippen molar-refractivity contribution >= 4 is 78.1 Å². The van der Waals surface area contributed by atoms with E-state index in [0.717, 1.165) is 17.7 Å². The summed E-state index contributed by atoms with van der Waals surface area (Å²) in [6.45, 7) is 0.348. The number of rotatable bonds is 8. The molecule has 0 fully saturated rings. The fraction of sp³-hybridized carbons (Fsp3) is 0.125. The SMILES string of the molecule is COc1cc2ncc3c(c2cc1O)n(-c1ccc(C#N)cc1F)c(=O)n3C.COc1cc2ncc3c(c2cc1OCc1ccsc1)n(-c1ccc(C#N)cc1F)c(=O)n3C.ClCc1ccsc1. The minimum atomic E-state index is -0.702. The summed E-state index contributed by atoms with van der Waals surface area (Å²) in [6, 6.07) is 22.1. The normalized spacial score (nSPS) is 10.9. The van der Waals surface area contributed by atoms with Gasteiger partial charge in [-0.3, -0.25) is 28.2 Å². The van der Waals surface area contributed by atoms with Crippen LogP contribution >= 0.6 is 34.3 Å². The molecule has 67 heavy (non-hydrogen) atoms. The zero-order valence-electron chi connectivity index (χ0n) is 35.8. The quantitative estimate of drug-likeness (QED) is 0.144. The Morgan fingerprint density at radius 3 is 1.61 bits per heavy atom. The van der Waals surface area contributed by atoms with Gasteiger partial charge in [0, 0.05) is 42.9 Å². The molecule has 6 heterocycles. The molecule has 0 aliphatic heterocycles. The van der Waals surface area contributed by atoms with Crippen molar-refractivity contribution in [3.8, 4) is 46.5 Å². The van der Waals surface area contributed by atoms with Crippen molar-refractivity contribution in [2.45, 2.75) is 12.5 Å². The molecule has 14 nitrogen and oxygen atoms in total. The van der Waals surface area contributed by atoms with E-state index < -0.39 is 23.0 Å². The van der Waals surface area contributed by atoms with Crippen LogP contribution in [0.1, 0.15) is 22.3 Å². The van der Waals surface area contributed by atoms with Gasteiger partial charge in [0.2, 0.25) is 0 Å². The predicted molar refractivity (Wildman–Crippen MR) is 254 cm³/mol. The van der Waals surface area contributed by atoms with Crippen molar-refractivity contribution < 1.29 is 28.1 Å². The number of nitrogens with zero attached hydrogens (tertiary/aromatic N) is 8. The molecule has 10 aromatic rings. The van der Waals surface area contributed by atoms with Crippen LogP contribution in [-0.2, 0) is 26.6 Å². The number of hydrogen-bond donors (Lipinski definition) is 1. The number of thiophene rings is 2. The zero-order valence-corrected chi connectivity index (χ0v) is 38.2. The third-order valence-electron chi connectivity index (χ3n) is 10.7. The molecule has 1 N–H and O–H groups in total.